The first-order chi connectivity index (χ1) is 13.8. The lowest BCUT2D eigenvalue weighted by Gasteiger charge is -2.19. The SMILES string of the molecule is CC(=O)N1CC(c2ccc(OC(F)F)c(OCc3ccccc3)c2)=C[C@@H]1C(=O)O. The minimum Gasteiger partial charge on any atom is -0.485 e. The Morgan fingerprint density at radius 2 is 1.90 bits per heavy atom. The molecule has 1 aliphatic heterocycles. The number of ether oxygens (including phenoxy) is 2. The third-order valence-corrected chi connectivity index (χ3v) is 4.46. The van der Waals surface area contributed by atoms with Crippen molar-refractivity contribution in [1.82, 2.24) is 4.90 Å². The van der Waals surface area contributed by atoms with Gasteiger partial charge in [0.2, 0.25) is 5.91 Å². The fraction of sp³-hybridized carbons (Fsp3) is 0.238. The van der Waals surface area contributed by atoms with Crippen LogP contribution in [0.3, 0.4) is 0 Å². The Labute approximate surface area is 166 Å². The van der Waals surface area contributed by atoms with Gasteiger partial charge in [0.25, 0.3) is 0 Å². The van der Waals surface area contributed by atoms with Crippen LogP contribution in [0.15, 0.2) is 54.6 Å². The lowest BCUT2D eigenvalue weighted by atomic mass is 10.1. The molecular weight excluding hydrogens is 384 g/mol. The number of hydrogen-bond acceptors (Lipinski definition) is 4. The zero-order valence-electron chi connectivity index (χ0n) is 15.5. The second-order valence-corrected chi connectivity index (χ2v) is 6.44. The molecule has 2 aromatic rings. The summed E-state index contributed by atoms with van der Waals surface area (Å²) in [5.74, 6) is -1.55. The standard InChI is InChI=1S/C21H19F2NO5/c1-13(25)24-11-16(9-17(24)20(26)27)15-7-8-18(29-21(22)23)19(10-15)28-12-14-5-3-2-4-6-14/h2-10,17,21H,11-12H2,1H3,(H,26,27)/t17-/m1/s1. The number of carboxylic acids is 1. The first-order valence-corrected chi connectivity index (χ1v) is 8.82. The zero-order valence-corrected chi connectivity index (χ0v) is 15.5. The van der Waals surface area contributed by atoms with E-state index in [2.05, 4.69) is 4.74 Å². The van der Waals surface area contributed by atoms with E-state index in [4.69, 9.17) is 4.74 Å². The number of aliphatic carboxylic acids is 1. The van der Waals surface area contributed by atoms with E-state index in [0.29, 0.717) is 11.1 Å². The van der Waals surface area contributed by atoms with Gasteiger partial charge in [0.05, 0.1) is 0 Å². The lowest BCUT2D eigenvalue weighted by Crippen LogP contribution is -2.39. The molecule has 3 rings (SSSR count). The van der Waals surface area contributed by atoms with Crippen LogP contribution in [-0.4, -0.2) is 41.1 Å². The zero-order chi connectivity index (χ0) is 21.0. The van der Waals surface area contributed by atoms with Crippen molar-refractivity contribution in [2.24, 2.45) is 0 Å². The van der Waals surface area contributed by atoms with Crippen LogP contribution in [0.5, 0.6) is 11.5 Å². The smallest absolute Gasteiger partial charge is 0.387 e. The van der Waals surface area contributed by atoms with E-state index >= 15 is 0 Å². The highest BCUT2D eigenvalue weighted by molar-refractivity contribution is 5.90. The minimum absolute atomic E-state index is 0.0967. The first-order valence-electron chi connectivity index (χ1n) is 8.82. The van der Waals surface area contributed by atoms with Gasteiger partial charge in [0.1, 0.15) is 12.6 Å². The molecular formula is C21H19F2NO5. The third-order valence-electron chi connectivity index (χ3n) is 4.46. The van der Waals surface area contributed by atoms with E-state index in [9.17, 15) is 23.5 Å². The molecule has 0 saturated heterocycles. The topological polar surface area (TPSA) is 76.1 Å². The fourth-order valence-corrected chi connectivity index (χ4v) is 3.06. The molecule has 0 saturated carbocycles. The molecule has 0 spiro atoms. The normalized spacial score (nSPS) is 15.9. The van der Waals surface area contributed by atoms with Crippen molar-refractivity contribution in [3.8, 4) is 11.5 Å². The van der Waals surface area contributed by atoms with Crippen molar-refractivity contribution in [3.05, 3.63) is 65.7 Å². The van der Waals surface area contributed by atoms with Crippen LogP contribution in [0.1, 0.15) is 18.1 Å². The second kappa shape index (κ2) is 8.72. The molecule has 0 bridgehead atoms. The summed E-state index contributed by atoms with van der Waals surface area (Å²) in [6.45, 7) is -1.49. The van der Waals surface area contributed by atoms with E-state index in [1.54, 1.807) is 0 Å². The maximum Gasteiger partial charge on any atom is 0.387 e. The highest BCUT2D eigenvalue weighted by Crippen LogP contribution is 2.35. The van der Waals surface area contributed by atoms with E-state index in [1.807, 2.05) is 30.3 Å². The average molecular weight is 403 g/mol. The molecule has 152 valence electrons. The predicted molar refractivity (Wildman–Crippen MR) is 101 cm³/mol. The van der Waals surface area contributed by atoms with E-state index in [1.165, 1.54) is 36.1 Å². The van der Waals surface area contributed by atoms with Crippen LogP contribution < -0.4 is 9.47 Å². The Hall–Kier alpha value is -3.42. The molecule has 1 aliphatic rings. The summed E-state index contributed by atoms with van der Waals surface area (Å²) in [7, 11) is 0. The quantitative estimate of drug-likeness (QED) is 0.765. The van der Waals surface area contributed by atoms with Crippen LogP contribution in [0, 0.1) is 0 Å². The second-order valence-electron chi connectivity index (χ2n) is 6.44. The summed E-state index contributed by atoms with van der Waals surface area (Å²) < 4.78 is 35.7. The van der Waals surface area contributed by atoms with Crippen LogP contribution >= 0.6 is 0 Å². The number of hydrogen-bond donors (Lipinski definition) is 1. The molecule has 1 amide bonds. The molecule has 0 fully saturated rings. The largest absolute Gasteiger partial charge is 0.485 e. The van der Waals surface area contributed by atoms with Gasteiger partial charge < -0.3 is 19.5 Å². The number of amides is 1. The molecule has 29 heavy (non-hydrogen) atoms. The molecule has 1 atom stereocenters. The summed E-state index contributed by atoms with van der Waals surface area (Å²) in [5.41, 5.74) is 1.99. The Bertz CT molecular complexity index is 930. The third kappa shape index (κ3) is 4.90. The molecule has 1 heterocycles. The number of nitrogens with zero attached hydrogens (tertiary/aromatic N) is 1. The van der Waals surface area contributed by atoms with Crippen molar-refractivity contribution in [2.75, 3.05) is 6.54 Å². The number of halogens is 2. The van der Waals surface area contributed by atoms with Crippen LogP contribution in [0.4, 0.5) is 8.78 Å². The van der Waals surface area contributed by atoms with Crippen molar-refractivity contribution in [3.63, 3.8) is 0 Å². The van der Waals surface area contributed by atoms with Crippen LogP contribution in [-0.2, 0) is 16.2 Å². The van der Waals surface area contributed by atoms with Gasteiger partial charge in [0, 0.05) is 13.5 Å². The molecule has 1 N–H and O–H groups in total. The molecule has 2 aromatic carbocycles. The predicted octanol–water partition coefficient (Wildman–Crippen LogP) is 3.57. The van der Waals surface area contributed by atoms with Crippen LogP contribution in [0.2, 0.25) is 0 Å². The Kier molecular flexibility index (Phi) is 6.11. The Balaban J connectivity index is 1.89. The van der Waals surface area contributed by atoms with Gasteiger partial charge in [0.15, 0.2) is 11.5 Å². The first kappa shape index (κ1) is 20.3. The number of benzene rings is 2. The minimum atomic E-state index is -3.02. The van der Waals surface area contributed by atoms with Crippen molar-refractivity contribution in [1.29, 1.82) is 0 Å². The molecule has 8 heteroatoms. The van der Waals surface area contributed by atoms with Gasteiger partial charge in [-0.05, 0) is 34.9 Å². The number of rotatable bonds is 7. The number of carboxylic acid groups (broad SMARTS) is 1. The maximum atomic E-state index is 12.7. The van der Waals surface area contributed by atoms with Crippen molar-refractivity contribution in [2.45, 2.75) is 26.2 Å². The van der Waals surface area contributed by atoms with Gasteiger partial charge >= 0.3 is 12.6 Å². The van der Waals surface area contributed by atoms with Crippen molar-refractivity contribution < 1.29 is 33.0 Å². The van der Waals surface area contributed by atoms with Gasteiger partial charge in [-0.3, -0.25) is 4.79 Å². The Morgan fingerprint density at radius 1 is 1.17 bits per heavy atom. The van der Waals surface area contributed by atoms with Crippen LogP contribution in [0.25, 0.3) is 5.57 Å². The summed E-state index contributed by atoms with van der Waals surface area (Å²) in [6.07, 6.45) is 1.47. The van der Waals surface area contributed by atoms with E-state index < -0.39 is 18.6 Å². The molecule has 6 nitrogen and oxygen atoms in total. The monoisotopic (exact) mass is 403 g/mol. The molecule has 0 aromatic heterocycles. The van der Waals surface area contributed by atoms with Gasteiger partial charge in [-0.25, -0.2) is 4.79 Å². The van der Waals surface area contributed by atoms with Gasteiger partial charge in [-0.2, -0.15) is 8.78 Å². The number of alkyl halides is 2. The highest BCUT2D eigenvalue weighted by atomic mass is 19.3. The number of carbonyl (C=O) groups is 2. The molecule has 0 aliphatic carbocycles. The Morgan fingerprint density at radius 3 is 2.48 bits per heavy atom. The summed E-state index contributed by atoms with van der Waals surface area (Å²) in [4.78, 5) is 24.4. The number of carbonyl (C=O) groups excluding carboxylic acids is 1. The maximum absolute atomic E-state index is 12.7. The molecule has 0 unspecified atom stereocenters. The molecule has 0 radical (unpaired) electrons. The average Bonchev–Trinajstić information content (AvgIpc) is 3.14. The fourth-order valence-electron chi connectivity index (χ4n) is 3.06. The summed E-state index contributed by atoms with van der Waals surface area (Å²) in [5, 5.41) is 9.34. The van der Waals surface area contributed by atoms with Crippen molar-refractivity contribution >= 4 is 17.4 Å². The van der Waals surface area contributed by atoms with E-state index in [0.717, 1.165) is 5.56 Å². The lowest BCUT2D eigenvalue weighted by molar-refractivity contribution is -0.146. The highest BCUT2D eigenvalue weighted by Gasteiger charge is 2.32. The summed E-state index contributed by atoms with van der Waals surface area (Å²) >= 11 is 0. The van der Waals surface area contributed by atoms with Gasteiger partial charge in [-0.15, -0.1) is 0 Å². The van der Waals surface area contributed by atoms with Gasteiger partial charge in [-0.1, -0.05) is 36.4 Å². The summed E-state index contributed by atoms with van der Waals surface area (Å²) in [6, 6.07) is 12.5. The van der Waals surface area contributed by atoms with E-state index in [-0.39, 0.29) is 30.6 Å².